The normalized spacial score (nSPS) is 12.4. The Bertz CT molecular complexity index is 1760. The van der Waals surface area contributed by atoms with E-state index in [0.29, 0.717) is 16.9 Å². The maximum atomic E-state index is 14.1. The number of nitrogens with two attached hydrogens (primary N) is 1. The van der Waals surface area contributed by atoms with Gasteiger partial charge in [-0.15, -0.1) is 0 Å². The summed E-state index contributed by atoms with van der Waals surface area (Å²) < 4.78 is 17.4. The van der Waals surface area contributed by atoms with Crippen molar-refractivity contribution in [3.05, 3.63) is 68.9 Å². The fourth-order valence-electron chi connectivity index (χ4n) is 4.54. The zero-order chi connectivity index (χ0) is 34.3. The number of carboxylic acid groups (broad SMARTS) is 1. The van der Waals surface area contributed by atoms with Crippen molar-refractivity contribution in [1.82, 2.24) is 0 Å². The molecule has 0 spiro atoms. The number of hydrogen-bond donors (Lipinski definition) is 4. The summed E-state index contributed by atoms with van der Waals surface area (Å²) in [5.74, 6) is -1.87. The van der Waals surface area contributed by atoms with E-state index in [9.17, 15) is 24.6 Å². The van der Waals surface area contributed by atoms with Crippen LogP contribution in [-0.4, -0.2) is 40.4 Å². The molecule has 0 radical (unpaired) electrons. The number of aromatic hydroxyl groups is 2. The molecule has 0 saturated carbocycles. The minimum atomic E-state index is -1.23. The lowest BCUT2D eigenvalue weighted by molar-refractivity contribution is -0.139. The first-order valence-corrected chi connectivity index (χ1v) is 15.1. The number of benzene rings is 2. The van der Waals surface area contributed by atoms with E-state index in [2.05, 4.69) is 0 Å². The van der Waals surface area contributed by atoms with Gasteiger partial charge in [0.2, 0.25) is 5.43 Å². The van der Waals surface area contributed by atoms with Gasteiger partial charge >= 0.3 is 11.9 Å². The Morgan fingerprint density at radius 3 is 2.24 bits per heavy atom. The van der Waals surface area contributed by atoms with E-state index in [-0.39, 0.29) is 76.2 Å². The van der Waals surface area contributed by atoms with Gasteiger partial charge in [0.1, 0.15) is 45.8 Å². The van der Waals surface area contributed by atoms with Crippen molar-refractivity contribution in [1.29, 1.82) is 0 Å². The number of esters is 1. The zero-order valence-electron chi connectivity index (χ0n) is 27.3. The number of carbonyl (C=O) groups is 2. The third-order valence-corrected chi connectivity index (χ3v) is 7.07. The van der Waals surface area contributed by atoms with E-state index in [1.54, 1.807) is 18.2 Å². The van der Waals surface area contributed by atoms with Gasteiger partial charge in [0.05, 0.1) is 18.2 Å². The fourth-order valence-corrected chi connectivity index (χ4v) is 4.54. The van der Waals surface area contributed by atoms with Gasteiger partial charge in [-0.1, -0.05) is 63.6 Å². The number of carbonyl (C=O) groups excluding carboxylic acids is 1. The van der Waals surface area contributed by atoms with Gasteiger partial charge in [0.15, 0.2) is 0 Å². The second-order valence-corrected chi connectivity index (χ2v) is 12.0. The van der Waals surface area contributed by atoms with Crippen LogP contribution < -0.4 is 20.6 Å². The number of allylic oxidation sites excluding steroid dienone is 4. The monoisotopic (exact) mass is 633 g/mol. The number of rotatable bonds is 13. The first kappa shape index (κ1) is 35.6. The van der Waals surface area contributed by atoms with Crippen LogP contribution in [0.5, 0.6) is 23.0 Å². The molecular weight excluding hydrogens is 590 g/mol. The van der Waals surface area contributed by atoms with Crippen molar-refractivity contribution >= 4 is 35.1 Å². The van der Waals surface area contributed by atoms with E-state index in [4.69, 9.17) is 24.7 Å². The average molecular weight is 634 g/mol. The van der Waals surface area contributed by atoms with Crippen molar-refractivity contribution < 1.29 is 38.8 Å². The second kappa shape index (κ2) is 15.4. The molecule has 1 aromatic heterocycles. The fraction of sp³-hybridized carbons (Fsp3) is 0.361. The average Bonchev–Trinajstić information content (AvgIpc) is 2.97. The van der Waals surface area contributed by atoms with Crippen LogP contribution in [0.4, 0.5) is 0 Å². The highest BCUT2D eigenvalue weighted by Gasteiger charge is 2.25. The molecule has 3 aromatic rings. The third kappa shape index (κ3) is 8.66. The molecule has 0 saturated heterocycles. The van der Waals surface area contributed by atoms with Crippen LogP contribution in [0.2, 0.25) is 0 Å². The van der Waals surface area contributed by atoms with Gasteiger partial charge in [-0.05, 0) is 44.6 Å². The summed E-state index contributed by atoms with van der Waals surface area (Å²) in [5, 5.41) is 31.6. The van der Waals surface area contributed by atoms with Crippen molar-refractivity contribution in [2.45, 2.75) is 66.8 Å². The predicted molar refractivity (Wildman–Crippen MR) is 179 cm³/mol. The highest BCUT2D eigenvalue weighted by Crippen LogP contribution is 2.42. The molecule has 10 heteroatoms. The minimum absolute atomic E-state index is 0.0188. The lowest BCUT2D eigenvalue weighted by Gasteiger charge is -2.16. The second-order valence-electron chi connectivity index (χ2n) is 12.0. The topological polar surface area (TPSA) is 170 Å². The molecule has 0 bridgehead atoms. The number of carboxylic acids is 1. The Hall–Kier alpha value is -4.83. The number of fused-ring (bicyclic) bond motifs is 1. The molecule has 0 aliphatic carbocycles. The smallest absolute Gasteiger partial charge is 0.320 e. The summed E-state index contributed by atoms with van der Waals surface area (Å²) >= 11 is 0. The number of hydrogen-bond acceptors (Lipinski definition) is 9. The Morgan fingerprint density at radius 2 is 1.65 bits per heavy atom. The lowest BCUT2D eigenvalue weighted by atomic mass is 9.97. The molecule has 10 nitrogen and oxygen atoms in total. The summed E-state index contributed by atoms with van der Waals surface area (Å²) in [6, 6.07) is 3.10. The van der Waals surface area contributed by atoms with Gasteiger partial charge in [-0.25, -0.2) is 0 Å². The Kier molecular flexibility index (Phi) is 12.0. The molecule has 0 amide bonds. The summed E-state index contributed by atoms with van der Waals surface area (Å²) in [5.41, 5.74) is 7.16. The van der Waals surface area contributed by atoms with Gasteiger partial charge < -0.3 is 34.9 Å². The predicted octanol–water partition coefficient (Wildman–Crippen LogP) is 6.82. The molecule has 0 unspecified atom stereocenters. The first-order chi connectivity index (χ1) is 21.6. The largest absolute Gasteiger partial charge is 0.507 e. The van der Waals surface area contributed by atoms with Crippen molar-refractivity contribution in [2.75, 3.05) is 7.11 Å². The molecule has 0 fully saturated rings. The first-order valence-electron chi connectivity index (χ1n) is 15.1. The molecule has 3 rings (SSSR count). The molecule has 1 atom stereocenters. The van der Waals surface area contributed by atoms with Crippen molar-refractivity contribution in [3.8, 4) is 34.3 Å². The van der Waals surface area contributed by atoms with E-state index < -0.39 is 23.4 Å². The molecular formula is C36H43NO9. The Labute approximate surface area is 268 Å². The van der Waals surface area contributed by atoms with E-state index in [1.165, 1.54) is 19.2 Å². The number of methoxy groups -OCH3 is 1. The third-order valence-electron chi connectivity index (χ3n) is 7.07. The zero-order valence-corrected chi connectivity index (χ0v) is 27.3. The van der Waals surface area contributed by atoms with Gasteiger partial charge in [-0.3, -0.25) is 14.4 Å². The molecule has 246 valence electrons. The maximum Gasteiger partial charge on any atom is 0.320 e. The van der Waals surface area contributed by atoms with Crippen LogP contribution in [0, 0.1) is 11.8 Å². The van der Waals surface area contributed by atoms with Crippen molar-refractivity contribution in [3.63, 3.8) is 0 Å². The maximum absolute atomic E-state index is 14.1. The van der Waals surface area contributed by atoms with Gasteiger partial charge in [-0.2, -0.15) is 0 Å². The van der Waals surface area contributed by atoms with Gasteiger partial charge in [0.25, 0.3) is 0 Å². The molecule has 2 aromatic carbocycles. The highest BCUT2D eigenvalue weighted by atomic mass is 16.5. The minimum Gasteiger partial charge on any atom is -0.507 e. The SMILES string of the molecule is COc1cc2oc(-c3cc(/C=C/C(C)C)c(OC(=O)CC[C@H](N)C(=O)O)cc3O)c(CC=C(C)C)c(=O)c2c(O)c1/C=C/C(C)C. The van der Waals surface area contributed by atoms with Crippen LogP contribution in [0.1, 0.15) is 71.1 Å². The molecule has 1 heterocycles. The Balaban J connectivity index is 2.30. The number of phenolic OH excluding ortho intramolecular Hbond substituents is 2. The van der Waals surface area contributed by atoms with Crippen LogP contribution in [0.15, 0.2) is 51.2 Å². The van der Waals surface area contributed by atoms with Crippen LogP contribution >= 0.6 is 0 Å². The standard InChI is InChI=1S/C36H43NO9/c1-19(2)8-11-22-16-25(27(38)17-28(22)45-31(39)15-14-26(37)36(42)43)35-24(13-10-21(5)6)34(41)32-30(46-35)18-29(44-7)23(33(32)40)12-9-20(3)4/h8-12,16-20,26,38,40H,13-15,37H2,1-7H3,(H,42,43)/b11-8+,12-9+/t26-/m0/s1. The van der Waals surface area contributed by atoms with Crippen molar-refractivity contribution in [2.24, 2.45) is 17.6 Å². The lowest BCUT2D eigenvalue weighted by Crippen LogP contribution is -2.31. The van der Waals surface area contributed by atoms with E-state index in [1.807, 2.05) is 59.8 Å². The van der Waals surface area contributed by atoms with Gasteiger partial charge in [0, 0.05) is 29.7 Å². The Morgan fingerprint density at radius 1 is 1.00 bits per heavy atom. The number of phenols is 2. The highest BCUT2D eigenvalue weighted by molar-refractivity contribution is 5.92. The molecule has 46 heavy (non-hydrogen) atoms. The van der Waals surface area contributed by atoms with Crippen LogP contribution in [0.3, 0.4) is 0 Å². The van der Waals surface area contributed by atoms with E-state index in [0.717, 1.165) is 5.57 Å². The molecule has 5 N–H and O–H groups in total. The van der Waals surface area contributed by atoms with Crippen LogP contribution in [-0.2, 0) is 16.0 Å². The summed E-state index contributed by atoms with van der Waals surface area (Å²) in [7, 11) is 1.45. The summed E-state index contributed by atoms with van der Waals surface area (Å²) in [6.07, 6.45) is 8.77. The molecule has 0 aliphatic rings. The summed E-state index contributed by atoms with van der Waals surface area (Å²) in [6.45, 7) is 11.7. The van der Waals surface area contributed by atoms with E-state index >= 15 is 0 Å². The number of aliphatic carboxylic acids is 1. The summed E-state index contributed by atoms with van der Waals surface area (Å²) in [4.78, 5) is 37.8. The number of ether oxygens (including phenoxy) is 2. The van der Waals surface area contributed by atoms with Crippen LogP contribution in [0.25, 0.3) is 34.4 Å². The quantitative estimate of drug-likeness (QED) is 0.0889. The molecule has 0 aliphatic heterocycles.